The second-order valence-corrected chi connectivity index (χ2v) is 12.0. The molecule has 61 heavy (non-hydrogen) atoms. The van der Waals surface area contributed by atoms with Crippen LogP contribution in [0.5, 0.6) is 0 Å². The Kier molecular flexibility index (Phi) is 13.1. The van der Waals surface area contributed by atoms with E-state index in [0.29, 0.717) is 0 Å². The molecule has 4 aromatic carbocycles. The number of hydrogen-bond acceptors (Lipinski definition) is 12. The van der Waals surface area contributed by atoms with Crippen molar-refractivity contribution in [1.29, 1.82) is 0 Å². The van der Waals surface area contributed by atoms with E-state index in [9.17, 15) is 89.4 Å². The van der Waals surface area contributed by atoms with Crippen LogP contribution in [0.1, 0.15) is 41.4 Å². The summed E-state index contributed by atoms with van der Waals surface area (Å²) in [5.74, 6) is -50.7. The van der Waals surface area contributed by atoms with E-state index in [-0.39, 0.29) is 0 Å². The van der Waals surface area contributed by atoms with Crippen LogP contribution < -0.4 is 22.9 Å². The Hall–Kier alpha value is -7.16. The Labute approximate surface area is 325 Å². The largest absolute Gasteiger partial charge is 0.461 e. The van der Waals surface area contributed by atoms with Gasteiger partial charge in [0.1, 0.15) is 76.8 Å². The van der Waals surface area contributed by atoms with Crippen LogP contribution in [0.4, 0.5) is 93.0 Å². The number of nitrogens with two attached hydrogens (primary N) is 4. The van der Waals surface area contributed by atoms with Crippen molar-refractivity contribution in [3.05, 3.63) is 115 Å². The van der Waals surface area contributed by atoms with E-state index in [1.807, 2.05) is 0 Å². The quantitative estimate of drug-likeness (QED) is 0.0427. The first-order valence-electron chi connectivity index (χ1n) is 15.4. The number of rotatable bonds is 12. The third-order valence-electron chi connectivity index (χ3n) is 8.04. The molecule has 4 rings (SSSR count). The van der Waals surface area contributed by atoms with E-state index in [0.717, 1.165) is 0 Å². The molecule has 0 bridgehead atoms. The molecule has 0 heterocycles. The van der Waals surface area contributed by atoms with Crippen LogP contribution in [0.15, 0.2) is 0 Å². The van der Waals surface area contributed by atoms with Gasteiger partial charge in [-0.25, -0.2) is 89.4 Å². The van der Waals surface area contributed by atoms with Gasteiger partial charge in [-0.3, -0.25) is 0 Å². The molecule has 0 unspecified atom stereocenters. The molecule has 0 aliphatic rings. The van der Waals surface area contributed by atoms with Crippen LogP contribution in [0.2, 0.25) is 0 Å². The number of anilines is 4. The maximum atomic E-state index is 14.6. The van der Waals surface area contributed by atoms with Crippen molar-refractivity contribution in [1.82, 2.24) is 0 Å². The van der Waals surface area contributed by atoms with Gasteiger partial charge < -0.3 is 41.9 Å². The molecule has 0 atom stereocenters. The fourth-order valence-electron chi connectivity index (χ4n) is 4.72. The number of esters is 4. The molecule has 0 aliphatic heterocycles. The van der Waals surface area contributed by atoms with Gasteiger partial charge in [-0.2, -0.15) is 0 Å². The first kappa shape index (κ1) is 46.5. The monoisotopic (exact) mass is 900 g/mol. The summed E-state index contributed by atoms with van der Waals surface area (Å²) in [4.78, 5) is 51.3. The van der Waals surface area contributed by atoms with Crippen molar-refractivity contribution in [2.75, 3.05) is 49.4 Å². The van der Waals surface area contributed by atoms with Gasteiger partial charge in [0.25, 0.3) is 0 Å². The highest BCUT2D eigenvalue weighted by atomic mass is 19.2. The lowest BCUT2D eigenvalue weighted by Gasteiger charge is -2.31. The molecule has 0 aromatic heterocycles. The van der Waals surface area contributed by atoms with Gasteiger partial charge >= 0.3 is 23.9 Å². The average molecular weight is 900 g/mol. The molecule has 328 valence electrons. The van der Waals surface area contributed by atoms with E-state index in [1.54, 1.807) is 0 Å². The summed E-state index contributed by atoms with van der Waals surface area (Å²) in [6.45, 7) is -8.31. The van der Waals surface area contributed by atoms with E-state index < -0.39 is 194 Å². The van der Waals surface area contributed by atoms with E-state index in [1.165, 1.54) is 0 Å². The molecule has 0 saturated carbocycles. The number of ether oxygens (including phenoxy) is 4. The number of halogens is 16. The van der Waals surface area contributed by atoms with Crippen molar-refractivity contribution in [3.8, 4) is 0 Å². The number of carbonyl (C=O) groups is 4. The second-order valence-electron chi connectivity index (χ2n) is 12.0. The normalized spacial score (nSPS) is 11.4. The highest BCUT2D eigenvalue weighted by Gasteiger charge is 2.42. The molecule has 0 fully saturated rings. The van der Waals surface area contributed by atoms with Crippen molar-refractivity contribution in [3.63, 3.8) is 0 Å². The van der Waals surface area contributed by atoms with Crippen LogP contribution in [0.25, 0.3) is 0 Å². The standard InChI is InChI=1S/C33H16F16N4O8/c34-9-5(10(35)18(43)25(50)17(9)42)29(54)58-1-33(2-59-30(55)6-11(36)19(44)26(51)20(45)12(6)37,3-60-31(56)7-13(38)21(46)27(52)22(47)14(7)39)4-61-32(57)8-15(40)23(48)28(53)24(49)16(8)41/h1-4,50-53H2. The van der Waals surface area contributed by atoms with Crippen LogP contribution in [-0.4, -0.2) is 50.3 Å². The van der Waals surface area contributed by atoms with Gasteiger partial charge in [0.2, 0.25) is 0 Å². The zero-order valence-electron chi connectivity index (χ0n) is 29.0. The lowest BCUT2D eigenvalue weighted by Crippen LogP contribution is -2.44. The highest BCUT2D eigenvalue weighted by Crippen LogP contribution is 2.33. The summed E-state index contributed by atoms with van der Waals surface area (Å²) in [7, 11) is 0. The average Bonchev–Trinajstić information content (AvgIpc) is 3.23. The number of benzene rings is 4. The van der Waals surface area contributed by atoms with E-state index >= 15 is 0 Å². The lowest BCUT2D eigenvalue weighted by atomic mass is 9.91. The molecule has 0 saturated heterocycles. The predicted molar refractivity (Wildman–Crippen MR) is 166 cm³/mol. The number of hydrogen-bond donors (Lipinski definition) is 4. The Balaban J connectivity index is 1.89. The fraction of sp³-hybridized carbons (Fsp3) is 0.152. The zero-order chi connectivity index (χ0) is 46.3. The Morgan fingerprint density at radius 3 is 0.557 bits per heavy atom. The summed E-state index contributed by atoms with van der Waals surface area (Å²) >= 11 is 0. The Morgan fingerprint density at radius 1 is 0.295 bits per heavy atom. The van der Waals surface area contributed by atoms with Crippen molar-refractivity contribution in [2.45, 2.75) is 0 Å². The summed E-state index contributed by atoms with van der Waals surface area (Å²) in [6.07, 6.45) is 0. The second kappa shape index (κ2) is 17.2. The van der Waals surface area contributed by atoms with Gasteiger partial charge in [-0.05, 0) is 0 Å². The first-order chi connectivity index (χ1) is 28.2. The van der Waals surface area contributed by atoms with E-state index in [4.69, 9.17) is 22.9 Å². The maximum Gasteiger partial charge on any atom is 0.344 e. The molecule has 0 radical (unpaired) electrons. The van der Waals surface area contributed by atoms with Crippen LogP contribution >= 0.6 is 0 Å². The van der Waals surface area contributed by atoms with Gasteiger partial charge in [-0.1, -0.05) is 0 Å². The van der Waals surface area contributed by atoms with Gasteiger partial charge in [0, 0.05) is 0 Å². The third kappa shape index (κ3) is 8.23. The number of nitrogen functional groups attached to an aromatic ring is 4. The predicted octanol–water partition coefficient (Wildman–Crippen LogP) is 5.96. The maximum absolute atomic E-state index is 14.6. The van der Waals surface area contributed by atoms with Gasteiger partial charge in [0.15, 0.2) is 93.1 Å². The van der Waals surface area contributed by atoms with Crippen molar-refractivity contribution < 1.29 is 108 Å². The SMILES string of the molecule is Nc1c(F)c(F)c(C(=O)OCC(COC(=O)c2c(F)c(F)c(N)c(F)c2F)(COC(=O)c2c(F)c(F)c(N)c(F)c2F)COC(=O)c2c(F)c(F)c(N)c(F)c2F)c(F)c1F. The number of carbonyl (C=O) groups excluding carboxylic acids is 4. The Morgan fingerprint density at radius 2 is 0.426 bits per heavy atom. The molecule has 0 aliphatic carbocycles. The lowest BCUT2D eigenvalue weighted by molar-refractivity contribution is -0.0649. The minimum absolute atomic E-state index is 1.85. The van der Waals surface area contributed by atoms with Gasteiger partial charge in [0.05, 0.1) is 0 Å². The van der Waals surface area contributed by atoms with Crippen molar-refractivity contribution >= 4 is 46.6 Å². The fourth-order valence-corrected chi connectivity index (χ4v) is 4.72. The summed E-state index contributed by atoms with van der Waals surface area (Å²) in [6, 6.07) is 0. The molecule has 0 spiro atoms. The topological polar surface area (TPSA) is 209 Å². The summed E-state index contributed by atoms with van der Waals surface area (Å²) < 4.78 is 248. The minimum Gasteiger partial charge on any atom is -0.461 e. The van der Waals surface area contributed by atoms with Gasteiger partial charge in [-0.15, -0.1) is 0 Å². The molecule has 4 aromatic rings. The zero-order valence-corrected chi connectivity index (χ0v) is 29.0. The Bertz CT molecular complexity index is 2100. The molecular formula is C33H16F16N4O8. The van der Waals surface area contributed by atoms with Crippen LogP contribution in [-0.2, 0) is 18.9 Å². The molecule has 12 nitrogen and oxygen atoms in total. The highest BCUT2D eigenvalue weighted by molar-refractivity contribution is 5.93. The third-order valence-corrected chi connectivity index (χ3v) is 8.04. The molecule has 8 N–H and O–H groups in total. The van der Waals surface area contributed by atoms with Crippen molar-refractivity contribution in [2.24, 2.45) is 5.41 Å². The summed E-state index contributed by atoms with van der Waals surface area (Å²) in [5.41, 5.74) is -0.666. The van der Waals surface area contributed by atoms with Crippen LogP contribution in [0.3, 0.4) is 0 Å². The van der Waals surface area contributed by atoms with E-state index in [2.05, 4.69) is 18.9 Å². The minimum atomic E-state index is -3.36. The summed E-state index contributed by atoms with van der Waals surface area (Å²) in [5, 5.41) is 0. The van der Waals surface area contributed by atoms with Crippen LogP contribution in [0, 0.1) is 98.5 Å². The first-order valence-corrected chi connectivity index (χ1v) is 15.4. The smallest absolute Gasteiger partial charge is 0.344 e. The molecular weight excluding hydrogens is 884 g/mol. The molecule has 28 heteroatoms. The molecule has 0 amide bonds.